The molecule has 0 aliphatic carbocycles. The lowest BCUT2D eigenvalue weighted by atomic mass is 9.96. The predicted molar refractivity (Wildman–Crippen MR) is 92.5 cm³/mol. The summed E-state index contributed by atoms with van der Waals surface area (Å²) in [6.07, 6.45) is 3.25. The van der Waals surface area contributed by atoms with Gasteiger partial charge in [0.2, 0.25) is 5.91 Å². The molecule has 0 radical (unpaired) electrons. The third kappa shape index (κ3) is 3.82. The van der Waals surface area contributed by atoms with Crippen LogP contribution in [0.5, 0.6) is 0 Å². The van der Waals surface area contributed by atoms with Gasteiger partial charge in [-0.05, 0) is 31.2 Å². The first-order valence-electron chi connectivity index (χ1n) is 8.67. The molecule has 0 aromatic carbocycles. The third-order valence-electron chi connectivity index (χ3n) is 4.47. The topological polar surface area (TPSA) is 108 Å². The molecule has 1 amide bonds. The lowest BCUT2D eigenvalue weighted by Gasteiger charge is -2.33. The Morgan fingerprint density at radius 3 is 2.83 bits per heavy atom. The number of aryl methyl sites for hydroxylation is 1. The van der Waals surface area contributed by atoms with E-state index >= 15 is 0 Å². The Hall–Kier alpha value is -2.20. The molecule has 2 rings (SSSR count). The van der Waals surface area contributed by atoms with Crippen LogP contribution in [0, 0.1) is 17.2 Å². The molecule has 0 bridgehead atoms. The molecular weight excluding hydrogens is 304 g/mol. The van der Waals surface area contributed by atoms with Crippen LogP contribution in [0.1, 0.15) is 43.5 Å². The smallest absolute Gasteiger partial charge is 0.224 e. The average Bonchev–Trinajstić information content (AvgIpc) is 2.64. The Kier molecular flexibility index (Phi) is 6.50. The SMILES string of the molecule is CCc1nnc(N2CCCC(C(=O)NCCN)C2)c(C#N)c1CC. The molecule has 1 aromatic heterocycles. The molecule has 0 saturated carbocycles. The van der Waals surface area contributed by atoms with Gasteiger partial charge in [-0.25, -0.2) is 0 Å². The zero-order chi connectivity index (χ0) is 17.5. The maximum absolute atomic E-state index is 12.2. The van der Waals surface area contributed by atoms with Gasteiger partial charge in [-0.15, -0.1) is 5.10 Å². The molecule has 1 atom stereocenters. The van der Waals surface area contributed by atoms with Gasteiger partial charge in [-0.3, -0.25) is 4.79 Å². The van der Waals surface area contributed by atoms with Gasteiger partial charge < -0.3 is 16.0 Å². The number of carbonyl (C=O) groups excluding carboxylic acids is 1. The monoisotopic (exact) mass is 330 g/mol. The number of amides is 1. The van der Waals surface area contributed by atoms with Gasteiger partial charge in [0.05, 0.1) is 11.6 Å². The number of nitrogens with two attached hydrogens (primary N) is 1. The van der Waals surface area contributed by atoms with E-state index in [1.54, 1.807) is 0 Å². The van der Waals surface area contributed by atoms with Crippen molar-refractivity contribution < 1.29 is 4.79 Å². The van der Waals surface area contributed by atoms with E-state index in [1.807, 2.05) is 18.7 Å². The Balaban J connectivity index is 2.25. The second kappa shape index (κ2) is 8.60. The molecule has 2 heterocycles. The lowest BCUT2D eigenvalue weighted by Crippen LogP contribution is -2.44. The number of rotatable bonds is 6. The van der Waals surface area contributed by atoms with Crippen molar-refractivity contribution in [2.75, 3.05) is 31.1 Å². The van der Waals surface area contributed by atoms with E-state index < -0.39 is 0 Å². The molecule has 1 aliphatic rings. The molecule has 3 N–H and O–H groups in total. The molecule has 1 aliphatic heterocycles. The second-order valence-electron chi connectivity index (χ2n) is 6.01. The summed E-state index contributed by atoms with van der Waals surface area (Å²) in [5, 5.41) is 21.1. The van der Waals surface area contributed by atoms with Crippen LogP contribution in [-0.4, -0.2) is 42.3 Å². The number of aromatic nitrogens is 2. The summed E-state index contributed by atoms with van der Waals surface area (Å²) in [4.78, 5) is 14.2. The number of carbonyl (C=O) groups is 1. The van der Waals surface area contributed by atoms with Crippen LogP contribution in [0.4, 0.5) is 5.82 Å². The van der Waals surface area contributed by atoms with Crippen molar-refractivity contribution in [1.82, 2.24) is 15.5 Å². The van der Waals surface area contributed by atoms with E-state index in [1.165, 1.54) is 0 Å². The average molecular weight is 330 g/mol. The fourth-order valence-corrected chi connectivity index (χ4v) is 3.22. The van der Waals surface area contributed by atoms with Gasteiger partial charge in [0.1, 0.15) is 11.6 Å². The minimum atomic E-state index is -0.102. The first kappa shape index (κ1) is 18.1. The first-order chi connectivity index (χ1) is 11.7. The molecule has 130 valence electrons. The molecule has 1 saturated heterocycles. The lowest BCUT2D eigenvalue weighted by molar-refractivity contribution is -0.125. The highest BCUT2D eigenvalue weighted by atomic mass is 16.1. The fraction of sp³-hybridized carbons (Fsp3) is 0.647. The minimum absolute atomic E-state index is 0.0255. The van der Waals surface area contributed by atoms with Gasteiger partial charge in [0, 0.05) is 26.2 Å². The quantitative estimate of drug-likeness (QED) is 0.797. The van der Waals surface area contributed by atoms with Crippen LogP contribution in [0.25, 0.3) is 0 Å². The van der Waals surface area contributed by atoms with Crippen molar-refractivity contribution in [1.29, 1.82) is 5.26 Å². The van der Waals surface area contributed by atoms with Crippen LogP contribution < -0.4 is 16.0 Å². The molecule has 1 unspecified atom stereocenters. The Labute approximate surface area is 143 Å². The standard InChI is InChI=1S/C17H26N6O/c1-3-13-14(10-19)16(22-21-15(13)4-2)23-9-5-6-12(11-23)17(24)20-8-7-18/h12H,3-9,11,18H2,1-2H3,(H,20,24). The highest BCUT2D eigenvalue weighted by Crippen LogP contribution is 2.27. The maximum Gasteiger partial charge on any atom is 0.224 e. The van der Waals surface area contributed by atoms with Gasteiger partial charge >= 0.3 is 0 Å². The van der Waals surface area contributed by atoms with Crippen molar-refractivity contribution in [2.24, 2.45) is 11.7 Å². The first-order valence-corrected chi connectivity index (χ1v) is 8.67. The molecule has 0 spiro atoms. The number of anilines is 1. The van der Waals surface area contributed by atoms with Gasteiger partial charge in [-0.1, -0.05) is 13.8 Å². The molecule has 7 heteroatoms. The summed E-state index contributed by atoms with van der Waals surface area (Å²) < 4.78 is 0. The summed E-state index contributed by atoms with van der Waals surface area (Å²) >= 11 is 0. The molecule has 24 heavy (non-hydrogen) atoms. The third-order valence-corrected chi connectivity index (χ3v) is 4.47. The van der Waals surface area contributed by atoms with Crippen LogP contribution in [0.15, 0.2) is 0 Å². The Morgan fingerprint density at radius 1 is 1.42 bits per heavy atom. The van der Waals surface area contributed by atoms with E-state index in [9.17, 15) is 10.1 Å². The molecule has 1 aromatic rings. The van der Waals surface area contributed by atoms with Crippen LogP contribution in [0.3, 0.4) is 0 Å². The number of nitrogens with one attached hydrogen (secondary N) is 1. The van der Waals surface area contributed by atoms with Crippen molar-refractivity contribution in [2.45, 2.75) is 39.5 Å². The highest BCUT2D eigenvalue weighted by molar-refractivity contribution is 5.79. The van der Waals surface area contributed by atoms with Crippen molar-refractivity contribution in [3.05, 3.63) is 16.8 Å². The van der Waals surface area contributed by atoms with Crippen molar-refractivity contribution >= 4 is 11.7 Å². The zero-order valence-corrected chi connectivity index (χ0v) is 14.5. The van der Waals surface area contributed by atoms with E-state index in [4.69, 9.17) is 5.73 Å². The zero-order valence-electron chi connectivity index (χ0n) is 14.5. The van der Waals surface area contributed by atoms with Crippen molar-refractivity contribution in [3.8, 4) is 6.07 Å². The fourth-order valence-electron chi connectivity index (χ4n) is 3.22. The summed E-state index contributed by atoms with van der Waals surface area (Å²) in [5.74, 6) is 0.537. The summed E-state index contributed by atoms with van der Waals surface area (Å²) in [7, 11) is 0. The van der Waals surface area contributed by atoms with E-state index in [2.05, 4.69) is 21.6 Å². The molecule has 7 nitrogen and oxygen atoms in total. The normalized spacial score (nSPS) is 17.4. The minimum Gasteiger partial charge on any atom is -0.355 e. The van der Waals surface area contributed by atoms with Gasteiger partial charge in [-0.2, -0.15) is 10.4 Å². The van der Waals surface area contributed by atoms with Crippen LogP contribution in [-0.2, 0) is 17.6 Å². The number of hydrogen-bond acceptors (Lipinski definition) is 6. The van der Waals surface area contributed by atoms with Crippen LogP contribution in [0.2, 0.25) is 0 Å². The number of hydrogen-bond donors (Lipinski definition) is 2. The largest absolute Gasteiger partial charge is 0.355 e. The highest BCUT2D eigenvalue weighted by Gasteiger charge is 2.28. The molecular formula is C17H26N6O. The van der Waals surface area contributed by atoms with E-state index in [0.29, 0.717) is 31.0 Å². The van der Waals surface area contributed by atoms with E-state index in [-0.39, 0.29) is 11.8 Å². The predicted octanol–water partition coefficient (Wildman–Crippen LogP) is 0.764. The maximum atomic E-state index is 12.2. The Bertz CT molecular complexity index is 624. The van der Waals surface area contributed by atoms with Gasteiger partial charge in [0.15, 0.2) is 5.82 Å². The summed E-state index contributed by atoms with van der Waals surface area (Å²) in [5.41, 5.74) is 7.90. The number of nitriles is 1. The van der Waals surface area contributed by atoms with E-state index in [0.717, 1.165) is 43.5 Å². The van der Waals surface area contributed by atoms with Crippen LogP contribution >= 0.6 is 0 Å². The number of nitrogens with zero attached hydrogens (tertiary/aromatic N) is 4. The second-order valence-corrected chi connectivity index (χ2v) is 6.01. The van der Waals surface area contributed by atoms with Gasteiger partial charge in [0.25, 0.3) is 0 Å². The summed E-state index contributed by atoms with van der Waals surface area (Å²) in [6.45, 7) is 6.32. The Morgan fingerprint density at radius 2 is 2.21 bits per heavy atom. The number of piperidine rings is 1. The molecule has 1 fully saturated rings. The van der Waals surface area contributed by atoms with Crippen molar-refractivity contribution in [3.63, 3.8) is 0 Å². The summed E-state index contributed by atoms with van der Waals surface area (Å²) in [6, 6.07) is 2.30.